The van der Waals surface area contributed by atoms with E-state index < -0.39 is 0 Å². The summed E-state index contributed by atoms with van der Waals surface area (Å²) >= 11 is 0. The zero-order chi connectivity index (χ0) is 14.2. The number of nitrogens with two attached hydrogens (primary N) is 1. The van der Waals surface area contributed by atoms with Crippen LogP contribution in [0.15, 0.2) is 12.1 Å². The van der Waals surface area contributed by atoms with Gasteiger partial charge in [0.05, 0.1) is 19.9 Å². The monoisotopic (exact) mass is 276 g/mol. The Bertz CT molecular complexity index is 491. The molecule has 0 bridgehead atoms. The summed E-state index contributed by atoms with van der Waals surface area (Å²) in [6.45, 7) is 2.87. The van der Waals surface area contributed by atoms with Gasteiger partial charge in [0.2, 0.25) is 0 Å². The lowest BCUT2D eigenvalue weighted by atomic mass is 9.94. The van der Waals surface area contributed by atoms with Gasteiger partial charge in [0.25, 0.3) is 0 Å². The summed E-state index contributed by atoms with van der Waals surface area (Å²) in [5, 5.41) is 0. The van der Waals surface area contributed by atoms with Gasteiger partial charge in [-0.05, 0) is 31.7 Å². The summed E-state index contributed by atoms with van der Waals surface area (Å²) in [5.74, 6) is 1.90. The molecule has 1 aliphatic heterocycles. The molecule has 2 N–H and O–H groups in total. The van der Waals surface area contributed by atoms with Gasteiger partial charge in [-0.15, -0.1) is 0 Å². The molecule has 0 radical (unpaired) electrons. The lowest BCUT2D eigenvalue weighted by Crippen LogP contribution is -2.22. The van der Waals surface area contributed by atoms with Gasteiger partial charge in [-0.1, -0.05) is 0 Å². The average molecular weight is 276 g/mol. The minimum Gasteiger partial charge on any atom is -0.496 e. The molecule has 2 fully saturated rings. The number of benzene rings is 1. The van der Waals surface area contributed by atoms with Crippen LogP contribution in [0.25, 0.3) is 0 Å². The molecule has 20 heavy (non-hydrogen) atoms. The minimum atomic E-state index is 0.113. The summed E-state index contributed by atoms with van der Waals surface area (Å²) in [4.78, 5) is 2.38. The van der Waals surface area contributed by atoms with Crippen molar-refractivity contribution in [2.45, 2.75) is 31.1 Å². The third-order valence-electron chi connectivity index (χ3n) is 4.76. The van der Waals surface area contributed by atoms with Crippen molar-refractivity contribution in [3.8, 4) is 11.5 Å². The maximum Gasteiger partial charge on any atom is 0.142 e. The van der Waals surface area contributed by atoms with E-state index in [0.29, 0.717) is 6.54 Å². The number of methoxy groups -OCH3 is 2. The van der Waals surface area contributed by atoms with Gasteiger partial charge in [0, 0.05) is 36.7 Å². The number of rotatable bonds is 5. The largest absolute Gasteiger partial charge is 0.496 e. The van der Waals surface area contributed by atoms with Crippen molar-refractivity contribution >= 4 is 5.69 Å². The maximum absolute atomic E-state index is 5.97. The predicted molar refractivity (Wildman–Crippen MR) is 81.0 cm³/mol. The van der Waals surface area contributed by atoms with Gasteiger partial charge in [0.1, 0.15) is 11.5 Å². The summed E-state index contributed by atoms with van der Waals surface area (Å²) in [6.07, 6.45) is 4.79. The molecule has 4 heteroatoms. The molecule has 0 amide bonds. The van der Waals surface area contributed by atoms with Crippen LogP contribution in [0.4, 0.5) is 5.69 Å². The predicted octanol–water partition coefficient (Wildman–Crippen LogP) is 2.29. The highest BCUT2D eigenvalue weighted by Gasteiger charge is 2.45. The first kappa shape index (κ1) is 13.6. The molecule has 0 atom stereocenters. The van der Waals surface area contributed by atoms with Crippen LogP contribution >= 0.6 is 0 Å². The first-order chi connectivity index (χ1) is 9.74. The number of hydrogen-bond donors (Lipinski definition) is 1. The smallest absolute Gasteiger partial charge is 0.142 e. The quantitative estimate of drug-likeness (QED) is 0.896. The number of ether oxygens (including phenoxy) is 2. The second-order valence-electron chi connectivity index (χ2n) is 5.90. The number of nitrogens with zero attached hydrogens (tertiary/aromatic N) is 1. The van der Waals surface area contributed by atoms with Crippen molar-refractivity contribution in [1.82, 2.24) is 0 Å². The van der Waals surface area contributed by atoms with E-state index in [1.165, 1.54) is 18.4 Å². The van der Waals surface area contributed by atoms with Crippen LogP contribution in [0, 0.1) is 0 Å². The molecule has 2 aliphatic rings. The third kappa shape index (κ3) is 2.12. The van der Waals surface area contributed by atoms with Gasteiger partial charge >= 0.3 is 0 Å². The van der Waals surface area contributed by atoms with Crippen LogP contribution in [0.2, 0.25) is 0 Å². The fourth-order valence-electron chi connectivity index (χ4n) is 3.24. The van der Waals surface area contributed by atoms with E-state index >= 15 is 0 Å². The van der Waals surface area contributed by atoms with Crippen LogP contribution in [0.5, 0.6) is 11.5 Å². The van der Waals surface area contributed by atoms with Gasteiger partial charge in [-0.2, -0.15) is 0 Å². The second-order valence-corrected chi connectivity index (χ2v) is 5.90. The van der Waals surface area contributed by atoms with Crippen LogP contribution in [0.3, 0.4) is 0 Å². The van der Waals surface area contributed by atoms with E-state index in [0.717, 1.165) is 43.1 Å². The molecule has 110 valence electrons. The molecule has 0 spiro atoms. The molecule has 4 nitrogen and oxygen atoms in total. The van der Waals surface area contributed by atoms with Crippen molar-refractivity contribution in [2.24, 2.45) is 5.73 Å². The minimum absolute atomic E-state index is 0.113. The van der Waals surface area contributed by atoms with Gasteiger partial charge in [0.15, 0.2) is 0 Å². The van der Waals surface area contributed by atoms with Crippen molar-refractivity contribution in [1.29, 1.82) is 0 Å². The van der Waals surface area contributed by atoms with Crippen molar-refractivity contribution < 1.29 is 9.47 Å². The number of hydrogen-bond acceptors (Lipinski definition) is 4. The van der Waals surface area contributed by atoms with Crippen molar-refractivity contribution in [3.63, 3.8) is 0 Å². The molecular weight excluding hydrogens is 252 g/mol. The molecule has 3 rings (SSSR count). The highest BCUT2D eigenvalue weighted by atomic mass is 16.5. The van der Waals surface area contributed by atoms with Crippen molar-refractivity contribution in [3.05, 3.63) is 17.7 Å². The Labute approximate surface area is 120 Å². The highest BCUT2D eigenvalue weighted by molar-refractivity contribution is 5.66. The van der Waals surface area contributed by atoms with Crippen molar-refractivity contribution in [2.75, 3.05) is 38.8 Å². The molecular formula is C16H24N2O2. The zero-order valence-electron chi connectivity index (χ0n) is 12.4. The average Bonchev–Trinajstić information content (AvgIpc) is 3.11. The van der Waals surface area contributed by atoms with E-state index in [4.69, 9.17) is 15.2 Å². The fourth-order valence-corrected chi connectivity index (χ4v) is 3.24. The molecule has 1 heterocycles. The fraction of sp³-hybridized carbons (Fsp3) is 0.625. The van der Waals surface area contributed by atoms with Crippen LogP contribution in [0.1, 0.15) is 31.2 Å². The first-order valence-corrected chi connectivity index (χ1v) is 7.45. The molecule has 1 saturated heterocycles. The standard InChI is InChI=1S/C16H24N2O2/c1-19-14-10-13(18-7-3-4-8-18)15(20-2)9-12(14)16(11-17)5-6-16/h9-10H,3-8,11,17H2,1-2H3. The second kappa shape index (κ2) is 5.17. The SMILES string of the molecule is COc1cc(C2(CN)CC2)c(OC)cc1N1CCCC1. The molecule has 1 saturated carbocycles. The normalized spacial score (nSPS) is 20.1. The van der Waals surface area contributed by atoms with E-state index in [1.54, 1.807) is 14.2 Å². The van der Waals surface area contributed by atoms with E-state index in [1.807, 2.05) is 0 Å². The Morgan fingerprint density at radius 2 is 1.75 bits per heavy atom. The van der Waals surface area contributed by atoms with Crippen LogP contribution in [-0.4, -0.2) is 33.9 Å². The summed E-state index contributed by atoms with van der Waals surface area (Å²) in [6, 6.07) is 4.28. The Hall–Kier alpha value is -1.42. The van der Waals surface area contributed by atoms with E-state index in [9.17, 15) is 0 Å². The zero-order valence-corrected chi connectivity index (χ0v) is 12.4. The lowest BCUT2D eigenvalue weighted by Gasteiger charge is -2.25. The molecule has 1 aromatic carbocycles. The third-order valence-corrected chi connectivity index (χ3v) is 4.76. The Morgan fingerprint density at radius 3 is 2.25 bits per heavy atom. The number of anilines is 1. The summed E-state index contributed by atoms with van der Waals surface area (Å²) in [5.41, 5.74) is 8.44. The molecule has 0 aromatic heterocycles. The molecule has 0 unspecified atom stereocenters. The lowest BCUT2D eigenvalue weighted by molar-refractivity contribution is 0.394. The molecule has 1 aliphatic carbocycles. The van der Waals surface area contributed by atoms with Crippen LogP contribution < -0.4 is 20.1 Å². The summed E-state index contributed by atoms with van der Waals surface area (Å²) in [7, 11) is 3.48. The van der Waals surface area contributed by atoms with E-state index in [-0.39, 0.29) is 5.41 Å². The highest BCUT2D eigenvalue weighted by Crippen LogP contribution is 2.53. The van der Waals surface area contributed by atoms with Gasteiger partial charge < -0.3 is 20.1 Å². The first-order valence-electron chi connectivity index (χ1n) is 7.45. The van der Waals surface area contributed by atoms with E-state index in [2.05, 4.69) is 17.0 Å². The Morgan fingerprint density at radius 1 is 1.10 bits per heavy atom. The van der Waals surface area contributed by atoms with Gasteiger partial charge in [-0.25, -0.2) is 0 Å². The van der Waals surface area contributed by atoms with Crippen LogP contribution in [-0.2, 0) is 5.41 Å². The Balaban J connectivity index is 2.04. The van der Waals surface area contributed by atoms with Gasteiger partial charge in [-0.3, -0.25) is 0 Å². The maximum atomic E-state index is 5.97. The Kier molecular flexibility index (Phi) is 3.50. The molecule has 1 aromatic rings. The topological polar surface area (TPSA) is 47.7 Å². The summed E-state index contributed by atoms with van der Waals surface area (Å²) < 4.78 is 11.3.